The van der Waals surface area contributed by atoms with Crippen molar-refractivity contribution in [2.24, 2.45) is 0 Å². The van der Waals surface area contributed by atoms with Gasteiger partial charge < -0.3 is 20.3 Å². The van der Waals surface area contributed by atoms with Gasteiger partial charge in [0.25, 0.3) is 0 Å². The van der Waals surface area contributed by atoms with Gasteiger partial charge in [0.2, 0.25) is 11.8 Å². The molecule has 0 heterocycles. The molecular weight excluding hydrogens is 516 g/mol. The molecule has 0 spiro atoms. The molecule has 0 aliphatic rings. The number of ether oxygens (including phenoxy) is 1. The number of nitrogens with zero attached hydrogens (tertiary/aromatic N) is 2. The van der Waals surface area contributed by atoms with Gasteiger partial charge in [-0.25, -0.2) is 4.79 Å². The van der Waals surface area contributed by atoms with E-state index in [2.05, 4.69) is 16.6 Å². The van der Waals surface area contributed by atoms with E-state index in [4.69, 9.17) is 11.2 Å². The van der Waals surface area contributed by atoms with E-state index in [1.807, 2.05) is 66.7 Å². The summed E-state index contributed by atoms with van der Waals surface area (Å²) in [6.45, 7) is 4.97. The van der Waals surface area contributed by atoms with Crippen molar-refractivity contribution < 1.29 is 19.1 Å². The number of amides is 3. The molecule has 0 aliphatic heterocycles. The lowest BCUT2D eigenvalue weighted by atomic mass is 9.99. The molecule has 0 radical (unpaired) electrons. The minimum absolute atomic E-state index is 0.120. The van der Waals surface area contributed by atoms with Crippen molar-refractivity contribution >= 4 is 17.9 Å². The number of carbonyl (C=O) groups is 3. The Labute approximate surface area is 241 Å². The Balaban J connectivity index is 1.99. The van der Waals surface area contributed by atoms with Gasteiger partial charge in [0.1, 0.15) is 24.2 Å². The summed E-state index contributed by atoms with van der Waals surface area (Å²) in [4.78, 5) is 41.8. The second-order valence-electron chi connectivity index (χ2n) is 10.4. The van der Waals surface area contributed by atoms with Crippen LogP contribution in [-0.4, -0.2) is 41.0 Å². The van der Waals surface area contributed by atoms with Crippen LogP contribution in [0, 0.1) is 23.7 Å². The minimum atomic E-state index is -1.17. The highest BCUT2D eigenvalue weighted by molar-refractivity contribution is 5.92. The molecule has 8 nitrogen and oxygen atoms in total. The summed E-state index contributed by atoms with van der Waals surface area (Å²) in [6, 6.07) is 24.9. The Morgan fingerprint density at radius 1 is 0.927 bits per heavy atom. The highest BCUT2D eigenvalue weighted by atomic mass is 16.6. The van der Waals surface area contributed by atoms with Crippen LogP contribution >= 0.6 is 0 Å². The third-order valence-electron chi connectivity index (χ3n) is 6.06. The number of rotatable bonds is 10. The molecule has 3 aromatic carbocycles. The molecule has 2 N–H and O–H groups in total. The largest absolute Gasteiger partial charge is 0.444 e. The second kappa shape index (κ2) is 14.3. The number of benzene rings is 3. The van der Waals surface area contributed by atoms with E-state index >= 15 is 0 Å². The van der Waals surface area contributed by atoms with Crippen LogP contribution in [0.25, 0.3) is 0 Å². The third-order valence-corrected chi connectivity index (χ3v) is 6.06. The maximum Gasteiger partial charge on any atom is 0.408 e. The average molecular weight is 551 g/mol. The highest BCUT2D eigenvalue weighted by Gasteiger charge is 2.36. The van der Waals surface area contributed by atoms with Crippen molar-refractivity contribution in [3.05, 3.63) is 107 Å². The summed E-state index contributed by atoms with van der Waals surface area (Å²) >= 11 is 0. The van der Waals surface area contributed by atoms with E-state index in [0.717, 1.165) is 11.1 Å². The highest BCUT2D eigenvalue weighted by Crippen LogP contribution is 2.24. The van der Waals surface area contributed by atoms with Crippen LogP contribution in [0.2, 0.25) is 0 Å². The first-order valence-corrected chi connectivity index (χ1v) is 13.2. The molecule has 8 heteroatoms. The SMILES string of the molecule is C#Cc1ccc(C(C(=O)NCc2ccccc2)N(CC#N)C(=O)C(Cc2ccccc2)NC(=O)OC(C)(C)C)cc1. The lowest BCUT2D eigenvalue weighted by Crippen LogP contribution is -2.53. The van der Waals surface area contributed by atoms with E-state index in [1.165, 1.54) is 4.90 Å². The normalized spacial score (nSPS) is 12.1. The zero-order valence-electron chi connectivity index (χ0n) is 23.5. The molecule has 0 saturated heterocycles. The van der Waals surface area contributed by atoms with Crippen LogP contribution < -0.4 is 10.6 Å². The zero-order chi connectivity index (χ0) is 29.8. The molecular formula is C33H34N4O4. The average Bonchev–Trinajstić information content (AvgIpc) is 2.95. The van der Waals surface area contributed by atoms with Crippen LogP contribution in [0.15, 0.2) is 84.9 Å². The van der Waals surface area contributed by atoms with Crippen LogP contribution in [0.5, 0.6) is 0 Å². The van der Waals surface area contributed by atoms with Gasteiger partial charge in [-0.15, -0.1) is 6.42 Å². The van der Waals surface area contributed by atoms with Gasteiger partial charge in [-0.3, -0.25) is 9.59 Å². The van der Waals surface area contributed by atoms with Gasteiger partial charge >= 0.3 is 6.09 Å². The Kier molecular flexibility index (Phi) is 10.7. The smallest absolute Gasteiger partial charge is 0.408 e. The van der Waals surface area contributed by atoms with E-state index in [1.54, 1.807) is 45.0 Å². The second-order valence-corrected chi connectivity index (χ2v) is 10.4. The summed E-state index contributed by atoms with van der Waals surface area (Å²) in [7, 11) is 0. The summed E-state index contributed by atoms with van der Waals surface area (Å²) in [6.07, 6.45) is 4.85. The topological polar surface area (TPSA) is 112 Å². The molecule has 0 bridgehead atoms. The van der Waals surface area contributed by atoms with Crippen molar-refractivity contribution in [1.82, 2.24) is 15.5 Å². The minimum Gasteiger partial charge on any atom is -0.444 e. The maximum atomic E-state index is 14.1. The van der Waals surface area contributed by atoms with Gasteiger partial charge in [0, 0.05) is 18.5 Å². The zero-order valence-corrected chi connectivity index (χ0v) is 23.5. The fraction of sp³-hybridized carbons (Fsp3) is 0.273. The predicted molar refractivity (Wildman–Crippen MR) is 156 cm³/mol. The van der Waals surface area contributed by atoms with Crippen molar-refractivity contribution in [2.75, 3.05) is 6.54 Å². The molecule has 0 fully saturated rings. The van der Waals surface area contributed by atoms with Gasteiger partial charge in [-0.1, -0.05) is 78.7 Å². The first-order chi connectivity index (χ1) is 19.6. The molecule has 2 unspecified atom stereocenters. The standard InChI is InChI=1S/C33H34N4O4/c1-5-24-16-18-27(19-17-24)29(30(38)35-23-26-14-10-7-11-15-26)37(21-20-34)31(39)28(22-25-12-8-6-9-13-25)36-32(40)41-33(2,3)4/h1,6-19,28-29H,21-23H2,2-4H3,(H,35,38)(H,36,40). The lowest BCUT2D eigenvalue weighted by molar-refractivity contribution is -0.141. The van der Waals surface area contributed by atoms with Crippen LogP contribution in [-0.2, 0) is 27.3 Å². The number of alkyl carbamates (subject to hydrolysis) is 1. The van der Waals surface area contributed by atoms with Crippen LogP contribution in [0.1, 0.15) is 49.1 Å². The van der Waals surface area contributed by atoms with Crippen molar-refractivity contribution in [2.45, 2.75) is 51.4 Å². The molecule has 3 rings (SSSR count). The summed E-state index contributed by atoms with van der Waals surface area (Å²) in [5.41, 5.74) is 1.92. The van der Waals surface area contributed by atoms with Crippen molar-refractivity contribution in [3.63, 3.8) is 0 Å². The molecule has 0 aromatic heterocycles. The number of carbonyl (C=O) groups excluding carboxylic acids is 3. The van der Waals surface area contributed by atoms with Gasteiger partial charge in [0.05, 0.1) is 6.07 Å². The van der Waals surface area contributed by atoms with Crippen LogP contribution in [0.3, 0.4) is 0 Å². The quantitative estimate of drug-likeness (QED) is 0.285. The molecule has 210 valence electrons. The Morgan fingerprint density at radius 2 is 1.51 bits per heavy atom. The Hall–Kier alpha value is -5.08. The molecule has 3 amide bonds. The Bertz CT molecular complexity index is 1400. The van der Waals surface area contributed by atoms with Gasteiger partial charge in [0.15, 0.2) is 0 Å². The lowest BCUT2D eigenvalue weighted by Gasteiger charge is -2.33. The summed E-state index contributed by atoms with van der Waals surface area (Å²) < 4.78 is 5.42. The first kappa shape index (κ1) is 30.5. The Morgan fingerprint density at radius 3 is 2.05 bits per heavy atom. The number of nitriles is 1. The molecule has 2 atom stereocenters. The monoisotopic (exact) mass is 550 g/mol. The maximum absolute atomic E-state index is 14.1. The van der Waals surface area contributed by atoms with E-state index < -0.39 is 42.1 Å². The molecule has 3 aromatic rings. The molecule has 0 aliphatic carbocycles. The first-order valence-electron chi connectivity index (χ1n) is 13.2. The van der Waals surface area contributed by atoms with E-state index in [-0.39, 0.29) is 13.0 Å². The van der Waals surface area contributed by atoms with Gasteiger partial charge in [-0.2, -0.15) is 5.26 Å². The fourth-order valence-corrected chi connectivity index (χ4v) is 4.19. The molecule has 0 saturated carbocycles. The van der Waals surface area contributed by atoms with Crippen LogP contribution in [0.4, 0.5) is 4.79 Å². The van der Waals surface area contributed by atoms with Gasteiger partial charge in [-0.05, 0) is 49.6 Å². The predicted octanol–water partition coefficient (Wildman–Crippen LogP) is 4.51. The van der Waals surface area contributed by atoms with E-state index in [0.29, 0.717) is 11.1 Å². The van der Waals surface area contributed by atoms with Crippen molar-refractivity contribution in [1.29, 1.82) is 5.26 Å². The summed E-state index contributed by atoms with van der Waals surface area (Å²) in [5.74, 6) is 1.44. The molecule has 41 heavy (non-hydrogen) atoms. The van der Waals surface area contributed by atoms with Crippen molar-refractivity contribution in [3.8, 4) is 18.4 Å². The number of hydrogen-bond acceptors (Lipinski definition) is 5. The number of terminal acetylenes is 1. The summed E-state index contributed by atoms with van der Waals surface area (Å²) in [5, 5.41) is 15.3. The fourth-order valence-electron chi connectivity index (χ4n) is 4.19. The number of hydrogen-bond donors (Lipinski definition) is 2. The van der Waals surface area contributed by atoms with E-state index in [9.17, 15) is 19.6 Å². The number of nitrogens with one attached hydrogen (secondary N) is 2. The third kappa shape index (κ3) is 9.26.